The smallest absolute Gasteiger partial charge is 0.0619 e. The highest BCUT2D eigenvalue weighted by atomic mass is 15.0. The Labute approximate surface area is 352 Å². The van der Waals surface area contributed by atoms with Crippen molar-refractivity contribution in [3.63, 3.8) is 0 Å². The Bertz CT molecular complexity index is 3880. The molecule has 0 bridgehead atoms. The lowest BCUT2D eigenvalue weighted by Crippen LogP contribution is -1.96. The molecule has 13 aromatic rings. The van der Waals surface area contributed by atoms with Crippen LogP contribution in [-0.2, 0) is 0 Å². The van der Waals surface area contributed by atoms with Gasteiger partial charge in [0.05, 0.1) is 33.1 Å². The van der Waals surface area contributed by atoms with Crippen molar-refractivity contribution in [3.8, 4) is 39.3 Å². The number of aromatic nitrogens is 3. The zero-order valence-corrected chi connectivity index (χ0v) is 33.2. The molecule has 0 amide bonds. The van der Waals surface area contributed by atoms with Crippen LogP contribution in [-0.4, -0.2) is 13.7 Å². The highest BCUT2D eigenvalue weighted by molar-refractivity contribution is 6.19. The van der Waals surface area contributed by atoms with Gasteiger partial charge < -0.3 is 13.7 Å². The van der Waals surface area contributed by atoms with Crippen molar-refractivity contribution in [1.29, 1.82) is 0 Å². The molecule has 3 aromatic heterocycles. The summed E-state index contributed by atoms with van der Waals surface area (Å²) in [6.07, 6.45) is 0. The average molecular weight is 776 g/mol. The summed E-state index contributed by atoms with van der Waals surface area (Å²) in [5.41, 5.74) is 15.5. The van der Waals surface area contributed by atoms with E-state index in [9.17, 15) is 0 Å². The van der Waals surface area contributed by atoms with Gasteiger partial charge in [-0.2, -0.15) is 0 Å². The van der Waals surface area contributed by atoms with Gasteiger partial charge in [-0.25, -0.2) is 0 Å². The predicted octanol–water partition coefficient (Wildman–Crippen LogP) is 15.5. The summed E-state index contributed by atoms with van der Waals surface area (Å²) in [6, 6.07) is 82.2. The van der Waals surface area contributed by atoms with Gasteiger partial charge in [0.25, 0.3) is 0 Å². The van der Waals surface area contributed by atoms with E-state index in [-0.39, 0.29) is 0 Å². The highest BCUT2D eigenvalue weighted by Gasteiger charge is 2.18. The summed E-state index contributed by atoms with van der Waals surface area (Å²) in [4.78, 5) is 0. The largest absolute Gasteiger partial charge is 0.309 e. The van der Waals surface area contributed by atoms with E-state index >= 15 is 0 Å². The minimum Gasteiger partial charge on any atom is -0.309 e. The zero-order valence-electron chi connectivity index (χ0n) is 33.2. The monoisotopic (exact) mass is 775 g/mol. The van der Waals surface area contributed by atoms with Gasteiger partial charge in [0.15, 0.2) is 0 Å². The Morgan fingerprint density at radius 2 is 0.639 bits per heavy atom. The van der Waals surface area contributed by atoms with Crippen LogP contribution in [0.25, 0.3) is 116 Å². The molecule has 0 saturated carbocycles. The molecule has 3 heteroatoms. The first-order valence-corrected chi connectivity index (χ1v) is 21.0. The third-order valence-corrected chi connectivity index (χ3v) is 12.8. The van der Waals surface area contributed by atoms with Crippen LogP contribution < -0.4 is 0 Å². The Kier molecular flexibility index (Phi) is 7.31. The van der Waals surface area contributed by atoms with Crippen LogP contribution in [0.15, 0.2) is 224 Å². The molecule has 0 aliphatic carbocycles. The van der Waals surface area contributed by atoms with Gasteiger partial charge in [-0.3, -0.25) is 0 Å². The summed E-state index contributed by atoms with van der Waals surface area (Å²) in [6.45, 7) is 0. The number of benzene rings is 10. The number of fused-ring (bicyclic) bond motifs is 11. The topological polar surface area (TPSA) is 14.8 Å². The molecule has 0 atom stereocenters. The quantitative estimate of drug-likeness (QED) is 0.165. The second-order valence-corrected chi connectivity index (χ2v) is 16.1. The summed E-state index contributed by atoms with van der Waals surface area (Å²) in [5, 5.41) is 10.0. The summed E-state index contributed by atoms with van der Waals surface area (Å²) >= 11 is 0. The molecule has 284 valence electrons. The molecule has 0 fully saturated rings. The van der Waals surface area contributed by atoms with E-state index in [1.54, 1.807) is 0 Å². The van der Waals surface area contributed by atoms with Crippen LogP contribution in [0.4, 0.5) is 0 Å². The van der Waals surface area contributed by atoms with Crippen LogP contribution in [0, 0.1) is 0 Å². The first-order chi connectivity index (χ1) is 30.3. The molecular weight excluding hydrogens is 739 g/mol. The third kappa shape index (κ3) is 5.11. The van der Waals surface area contributed by atoms with Crippen molar-refractivity contribution in [1.82, 2.24) is 13.7 Å². The lowest BCUT2D eigenvalue weighted by molar-refractivity contribution is 1.18. The fraction of sp³-hybridized carbons (Fsp3) is 0. The van der Waals surface area contributed by atoms with E-state index in [2.05, 4.69) is 238 Å². The van der Waals surface area contributed by atoms with E-state index in [0.717, 1.165) is 11.4 Å². The molecule has 10 aromatic carbocycles. The SMILES string of the molecule is c1ccc(-n2c3ccccc3c3cc(-c4ccc5c(c4)c4ccccc4n5-c4cccc(-c5cccc(-n6c7ccccc7c7ccc8ccccc8c76)c5)c4)ccc32)cc1. The van der Waals surface area contributed by atoms with Gasteiger partial charge in [0.1, 0.15) is 0 Å². The van der Waals surface area contributed by atoms with E-state index in [1.807, 2.05) is 0 Å². The first-order valence-electron chi connectivity index (χ1n) is 21.0. The molecular formula is C58H37N3. The van der Waals surface area contributed by atoms with Crippen molar-refractivity contribution in [2.24, 2.45) is 0 Å². The molecule has 61 heavy (non-hydrogen) atoms. The van der Waals surface area contributed by atoms with Crippen LogP contribution in [0.3, 0.4) is 0 Å². The van der Waals surface area contributed by atoms with E-state index in [4.69, 9.17) is 0 Å². The number of rotatable bonds is 5. The van der Waals surface area contributed by atoms with Crippen molar-refractivity contribution in [2.45, 2.75) is 0 Å². The van der Waals surface area contributed by atoms with Crippen LogP contribution in [0.5, 0.6) is 0 Å². The Hall–Kier alpha value is -8.14. The lowest BCUT2D eigenvalue weighted by Gasteiger charge is -2.13. The molecule has 3 nitrogen and oxygen atoms in total. The van der Waals surface area contributed by atoms with Crippen molar-refractivity contribution in [3.05, 3.63) is 224 Å². The minimum absolute atomic E-state index is 1.14. The van der Waals surface area contributed by atoms with Crippen LogP contribution in [0.1, 0.15) is 0 Å². The lowest BCUT2D eigenvalue weighted by atomic mass is 10.0. The summed E-state index contributed by atoms with van der Waals surface area (Å²) in [7, 11) is 0. The molecule has 0 radical (unpaired) electrons. The van der Waals surface area contributed by atoms with Gasteiger partial charge in [0, 0.05) is 54.8 Å². The van der Waals surface area contributed by atoms with Crippen molar-refractivity contribution in [2.75, 3.05) is 0 Å². The molecule has 3 heterocycles. The number of nitrogens with zero attached hydrogens (tertiary/aromatic N) is 3. The normalized spacial score (nSPS) is 11.9. The van der Waals surface area contributed by atoms with Gasteiger partial charge in [-0.15, -0.1) is 0 Å². The van der Waals surface area contributed by atoms with E-state index < -0.39 is 0 Å². The standard InChI is InChI=1S/C58H37N3/c1-2-17-43(18-3-1)59-53-25-9-7-23-48(53)51-36-41(29-32-56(51)59)42-30-33-57-52(37-42)49-24-8-10-26-54(49)60(57)44-19-12-15-39(34-44)40-16-13-20-45(35-40)61-55-27-11-6-22-47(55)50-31-28-38-14-4-5-21-46(38)58(50)61/h1-37H. The summed E-state index contributed by atoms with van der Waals surface area (Å²) < 4.78 is 7.25. The average Bonchev–Trinajstić information content (AvgIpc) is 3.97. The predicted molar refractivity (Wildman–Crippen MR) is 258 cm³/mol. The number of para-hydroxylation sites is 4. The zero-order chi connectivity index (χ0) is 40.0. The van der Waals surface area contributed by atoms with Crippen LogP contribution >= 0.6 is 0 Å². The Morgan fingerprint density at radius 1 is 0.213 bits per heavy atom. The molecule has 0 spiro atoms. The second kappa shape index (κ2) is 13.2. The van der Waals surface area contributed by atoms with E-state index in [1.165, 1.54) is 104 Å². The van der Waals surface area contributed by atoms with Gasteiger partial charge in [0.2, 0.25) is 0 Å². The molecule has 0 saturated heterocycles. The maximum Gasteiger partial charge on any atom is 0.0619 e. The second-order valence-electron chi connectivity index (χ2n) is 16.1. The maximum absolute atomic E-state index is 2.45. The molecule has 0 unspecified atom stereocenters. The molecule has 0 aliphatic heterocycles. The third-order valence-electron chi connectivity index (χ3n) is 12.8. The number of hydrogen-bond acceptors (Lipinski definition) is 0. The van der Waals surface area contributed by atoms with Crippen molar-refractivity contribution >= 4 is 76.2 Å². The fourth-order valence-corrected chi connectivity index (χ4v) is 10.1. The molecule has 13 rings (SSSR count). The fourth-order valence-electron chi connectivity index (χ4n) is 10.1. The Morgan fingerprint density at radius 3 is 1.25 bits per heavy atom. The van der Waals surface area contributed by atoms with Crippen LogP contribution in [0.2, 0.25) is 0 Å². The molecule has 0 N–H and O–H groups in total. The molecule has 0 aliphatic rings. The first kappa shape index (κ1) is 33.8. The van der Waals surface area contributed by atoms with Gasteiger partial charge in [-0.1, -0.05) is 146 Å². The maximum atomic E-state index is 2.45. The highest BCUT2D eigenvalue weighted by Crippen LogP contribution is 2.40. The van der Waals surface area contributed by atoms with Crippen molar-refractivity contribution < 1.29 is 0 Å². The van der Waals surface area contributed by atoms with Gasteiger partial charge in [-0.05, 0) is 107 Å². The number of hydrogen-bond donors (Lipinski definition) is 0. The summed E-state index contributed by atoms with van der Waals surface area (Å²) in [5.74, 6) is 0. The van der Waals surface area contributed by atoms with Gasteiger partial charge >= 0.3 is 0 Å². The minimum atomic E-state index is 1.14. The van der Waals surface area contributed by atoms with E-state index in [0.29, 0.717) is 0 Å². The Balaban J connectivity index is 0.937.